The van der Waals surface area contributed by atoms with Crippen LogP contribution in [0.3, 0.4) is 0 Å². The summed E-state index contributed by atoms with van der Waals surface area (Å²) in [5.41, 5.74) is 0.203. The molecule has 0 radical (unpaired) electrons. The monoisotopic (exact) mass is 236 g/mol. The first-order valence-electron chi connectivity index (χ1n) is 6.12. The molecule has 0 amide bonds. The molecule has 0 aromatic carbocycles. The molecule has 0 bridgehead atoms. The van der Waals surface area contributed by atoms with Crippen molar-refractivity contribution >= 4 is 13.9 Å². The smallest absolute Gasteiger partial charge is 0.155 e. The van der Waals surface area contributed by atoms with Crippen LogP contribution in [0.1, 0.15) is 33.1 Å². The topological polar surface area (TPSA) is 17.1 Å². The van der Waals surface area contributed by atoms with Crippen molar-refractivity contribution in [2.45, 2.75) is 52.8 Å². The Morgan fingerprint density at radius 1 is 1.50 bits per heavy atom. The molecule has 0 fully saturated rings. The zero-order chi connectivity index (χ0) is 12.4. The third-order valence-corrected chi connectivity index (χ3v) is 6.24. The van der Waals surface area contributed by atoms with Gasteiger partial charge in [-0.15, -0.1) is 0 Å². The van der Waals surface area contributed by atoms with Crippen LogP contribution in [0.15, 0.2) is 23.4 Å². The molecule has 0 aliphatic heterocycles. The van der Waals surface area contributed by atoms with E-state index in [0.29, 0.717) is 6.42 Å². The summed E-state index contributed by atoms with van der Waals surface area (Å²) >= 11 is 0. The first kappa shape index (κ1) is 13.4. The lowest BCUT2D eigenvalue weighted by Crippen LogP contribution is -2.23. The van der Waals surface area contributed by atoms with Crippen molar-refractivity contribution < 1.29 is 4.79 Å². The summed E-state index contributed by atoms with van der Waals surface area (Å²) in [6.07, 6.45) is 9.05. The Labute approximate surface area is 101 Å². The van der Waals surface area contributed by atoms with E-state index in [1.54, 1.807) is 11.3 Å². The summed E-state index contributed by atoms with van der Waals surface area (Å²) in [4.78, 5) is 11.2. The van der Waals surface area contributed by atoms with E-state index < -0.39 is 8.07 Å². The molecule has 1 unspecified atom stereocenters. The molecule has 2 heteroatoms. The summed E-state index contributed by atoms with van der Waals surface area (Å²) in [5, 5.41) is 1.57. The maximum absolute atomic E-state index is 11.2. The zero-order valence-electron chi connectivity index (χ0n) is 11.3. The SMILES string of the molecule is C/C(=C/CC1(C)C=CC(=O)CC1)[Si](C)(C)C. The Bertz CT molecular complexity index is 333. The van der Waals surface area contributed by atoms with Crippen molar-refractivity contribution in [2.24, 2.45) is 5.41 Å². The Morgan fingerprint density at radius 2 is 2.12 bits per heavy atom. The van der Waals surface area contributed by atoms with Crippen LogP contribution in [0.25, 0.3) is 0 Å². The first-order chi connectivity index (χ1) is 7.23. The summed E-state index contributed by atoms with van der Waals surface area (Å²) in [5.74, 6) is 0.281. The van der Waals surface area contributed by atoms with Gasteiger partial charge in [-0.3, -0.25) is 4.79 Å². The third-order valence-electron chi connectivity index (χ3n) is 3.67. The summed E-state index contributed by atoms with van der Waals surface area (Å²) in [6.45, 7) is 11.6. The van der Waals surface area contributed by atoms with Crippen LogP contribution >= 0.6 is 0 Å². The van der Waals surface area contributed by atoms with Crippen LogP contribution in [0.2, 0.25) is 19.6 Å². The van der Waals surface area contributed by atoms with Gasteiger partial charge in [0.15, 0.2) is 5.78 Å². The molecule has 16 heavy (non-hydrogen) atoms. The van der Waals surface area contributed by atoms with Crippen molar-refractivity contribution in [3.63, 3.8) is 0 Å². The number of hydrogen-bond acceptors (Lipinski definition) is 1. The van der Waals surface area contributed by atoms with Gasteiger partial charge in [0, 0.05) is 6.42 Å². The fourth-order valence-corrected chi connectivity index (χ4v) is 2.45. The van der Waals surface area contributed by atoms with E-state index in [-0.39, 0.29) is 11.2 Å². The Kier molecular flexibility index (Phi) is 3.95. The summed E-state index contributed by atoms with van der Waals surface area (Å²) in [7, 11) is -1.12. The van der Waals surface area contributed by atoms with Gasteiger partial charge >= 0.3 is 0 Å². The fraction of sp³-hybridized carbons (Fsp3) is 0.643. The van der Waals surface area contributed by atoms with Crippen LogP contribution in [0, 0.1) is 5.41 Å². The molecule has 0 heterocycles. The highest BCUT2D eigenvalue weighted by molar-refractivity contribution is 6.82. The van der Waals surface area contributed by atoms with Crippen LogP contribution in [0.4, 0.5) is 0 Å². The minimum absolute atomic E-state index is 0.203. The van der Waals surface area contributed by atoms with E-state index in [9.17, 15) is 4.79 Å². The first-order valence-corrected chi connectivity index (χ1v) is 9.62. The molecule has 1 atom stereocenters. The van der Waals surface area contributed by atoms with E-state index in [4.69, 9.17) is 0 Å². The number of rotatable bonds is 3. The van der Waals surface area contributed by atoms with Gasteiger partial charge in [0.1, 0.15) is 0 Å². The minimum atomic E-state index is -1.12. The number of carbonyl (C=O) groups is 1. The third kappa shape index (κ3) is 3.74. The van der Waals surface area contributed by atoms with Gasteiger partial charge in [-0.05, 0) is 31.3 Å². The highest BCUT2D eigenvalue weighted by Crippen LogP contribution is 2.34. The molecule has 1 rings (SSSR count). The van der Waals surface area contributed by atoms with Crippen molar-refractivity contribution in [3.05, 3.63) is 23.4 Å². The fourth-order valence-electron chi connectivity index (χ4n) is 1.73. The van der Waals surface area contributed by atoms with Gasteiger partial charge in [0.05, 0.1) is 8.07 Å². The van der Waals surface area contributed by atoms with Crippen LogP contribution in [0.5, 0.6) is 0 Å². The maximum Gasteiger partial charge on any atom is 0.155 e. The number of hydrogen-bond donors (Lipinski definition) is 0. The Morgan fingerprint density at radius 3 is 2.56 bits per heavy atom. The second-order valence-electron chi connectivity index (χ2n) is 6.29. The summed E-state index contributed by atoms with van der Waals surface area (Å²) < 4.78 is 0. The van der Waals surface area contributed by atoms with Gasteiger partial charge in [-0.1, -0.05) is 43.9 Å². The van der Waals surface area contributed by atoms with Gasteiger partial charge in [0.2, 0.25) is 0 Å². The lowest BCUT2D eigenvalue weighted by Gasteiger charge is -2.28. The molecule has 90 valence electrons. The van der Waals surface area contributed by atoms with Crippen LogP contribution in [-0.2, 0) is 4.79 Å². The van der Waals surface area contributed by atoms with Crippen LogP contribution in [-0.4, -0.2) is 13.9 Å². The normalized spacial score (nSPS) is 27.3. The standard InChI is InChI=1S/C14H24OSi/c1-12(16(3,4)5)6-9-14(2)10-7-13(15)8-11-14/h6-7,10H,8-9,11H2,1-5H3/b12-6-. The van der Waals surface area contributed by atoms with E-state index in [1.807, 2.05) is 0 Å². The van der Waals surface area contributed by atoms with E-state index >= 15 is 0 Å². The molecule has 0 saturated heterocycles. The van der Waals surface area contributed by atoms with Crippen molar-refractivity contribution in [1.82, 2.24) is 0 Å². The lowest BCUT2D eigenvalue weighted by molar-refractivity contribution is -0.115. The molecule has 1 nitrogen and oxygen atoms in total. The molecular weight excluding hydrogens is 212 g/mol. The average Bonchev–Trinajstić information content (AvgIpc) is 2.18. The number of ketones is 1. The summed E-state index contributed by atoms with van der Waals surface area (Å²) in [6, 6.07) is 0. The Hall–Kier alpha value is -0.633. The zero-order valence-corrected chi connectivity index (χ0v) is 12.3. The largest absolute Gasteiger partial charge is 0.295 e. The van der Waals surface area contributed by atoms with E-state index in [2.05, 4.69) is 45.6 Å². The molecular formula is C14H24OSi. The highest BCUT2D eigenvalue weighted by atomic mass is 28.3. The predicted molar refractivity (Wildman–Crippen MR) is 73.2 cm³/mol. The van der Waals surface area contributed by atoms with Crippen LogP contribution < -0.4 is 0 Å². The van der Waals surface area contributed by atoms with Crippen molar-refractivity contribution in [1.29, 1.82) is 0 Å². The number of allylic oxidation sites excluding steroid dienone is 4. The molecule has 0 aromatic rings. The predicted octanol–water partition coefficient (Wildman–Crippen LogP) is 4.13. The van der Waals surface area contributed by atoms with E-state index in [1.165, 1.54) is 0 Å². The van der Waals surface area contributed by atoms with Gasteiger partial charge in [-0.2, -0.15) is 0 Å². The second-order valence-corrected chi connectivity index (χ2v) is 11.6. The Balaban J connectivity index is 2.68. The molecule has 0 aromatic heterocycles. The minimum Gasteiger partial charge on any atom is -0.295 e. The molecule has 0 N–H and O–H groups in total. The molecule has 1 aliphatic carbocycles. The quantitative estimate of drug-likeness (QED) is 0.674. The van der Waals surface area contributed by atoms with Crippen molar-refractivity contribution in [3.8, 4) is 0 Å². The average molecular weight is 236 g/mol. The second kappa shape index (κ2) is 4.70. The maximum atomic E-state index is 11.2. The number of carbonyl (C=O) groups excluding carboxylic acids is 1. The molecule has 0 spiro atoms. The van der Waals surface area contributed by atoms with Gasteiger partial charge in [-0.25, -0.2) is 0 Å². The highest BCUT2D eigenvalue weighted by Gasteiger charge is 2.25. The molecule has 0 saturated carbocycles. The van der Waals surface area contributed by atoms with E-state index in [0.717, 1.165) is 12.8 Å². The van der Waals surface area contributed by atoms with Gasteiger partial charge < -0.3 is 0 Å². The van der Waals surface area contributed by atoms with Crippen molar-refractivity contribution in [2.75, 3.05) is 0 Å². The lowest BCUT2D eigenvalue weighted by atomic mass is 9.78. The molecule has 1 aliphatic rings. The van der Waals surface area contributed by atoms with Gasteiger partial charge in [0.25, 0.3) is 0 Å².